The molecule has 0 spiro atoms. The number of fused-ring (bicyclic) bond motifs is 3. The maximum Gasteiger partial charge on any atom is 0.156 e. The minimum atomic E-state index is 0.521. The molecule has 0 aliphatic carbocycles. The maximum absolute atomic E-state index is 5.58. The van der Waals surface area contributed by atoms with Gasteiger partial charge in [-0.25, -0.2) is 9.97 Å². The van der Waals surface area contributed by atoms with Crippen molar-refractivity contribution in [3.05, 3.63) is 65.7 Å². The zero-order valence-corrected chi connectivity index (χ0v) is 17.8. The molecule has 0 bridgehead atoms. The van der Waals surface area contributed by atoms with Crippen LogP contribution in [0.25, 0.3) is 16.8 Å². The molecule has 2 aliphatic heterocycles. The smallest absolute Gasteiger partial charge is 0.156 e. The molecular formula is C25H29N5O. The van der Waals surface area contributed by atoms with E-state index in [1.165, 1.54) is 22.3 Å². The van der Waals surface area contributed by atoms with Crippen molar-refractivity contribution in [2.45, 2.75) is 44.1 Å². The summed E-state index contributed by atoms with van der Waals surface area (Å²) in [4.78, 5) is 15.6. The van der Waals surface area contributed by atoms with E-state index >= 15 is 0 Å². The fourth-order valence-corrected chi connectivity index (χ4v) is 5.32. The number of piperidine rings is 1. The standard InChI is InChI=1S/C25H29N5O/c1-2-4-18(5-3-1)16-29-10-6-20(7-11-29)22-17-30-23(28-22)15-27-25-24(30)21(14-26-25)19-8-12-31-13-9-19/h1-5,14-15,17,19-20,26H,6-13,16H2. The van der Waals surface area contributed by atoms with Gasteiger partial charge in [0, 0.05) is 38.1 Å². The molecule has 0 saturated carbocycles. The van der Waals surface area contributed by atoms with Crippen LogP contribution in [0.5, 0.6) is 0 Å². The van der Waals surface area contributed by atoms with Gasteiger partial charge in [0.05, 0.1) is 17.4 Å². The van der Waals surface area contributed by atoms with E-state index in [2.05, 4.69) is 62.0 Å². The van der Waals surface area contributed by atoms with Crippen LogP contribution in [-0.2, 0) is 11.3 Å². The maximum atomic E-state index is 5.58. The van der Waals surface area contributed by atoms with E-state index in [0.29, 0.717) is 11.8 Å². The van der Waals surface area contributed by atoms with Gasteiger partial charge < -0.3 is 9.72 Å². The molecule has 0 amide bonds. The van der Waals surface area contributed by atoms with Crippen molar-refractivity contribution < 1.29 is 4.74 Å². The Balaban J connectivity index is 1.24. The third kappa shape index (κ3) is 3.64. The first-order valence-electron chi connectivity index (χ1n) is 11.5. The van der Waals surface area contributed by atoms with Gasteiger partial charge >= 0.3 is 0 Å². The number of ether oxygens (including phenoxy) is 1. The van der Waals surface area contributed by atoms with Crippen molar-refractivity contribution in [2.75, 3.05) is 26.3 Å². The van der Waals surface area contributed by atoms with E-state index in [0.717, 1.165) is 69.8 Å². The van der Waals surface area contributed by atoms with Gasteiger partial charge in [-0.15, -0.1) is 0 Å². The minimum Gasteiger partial charge on any atom is -0.381 e. The normalized spacial score (nSPS) is 19.5. The lowest BCUT2D eigenvalue weighted by atomic mass is 9.93. The van der Waals surface area contributed by atoms with E-state index in [-0.39, 0.29) is 0 Å². The lowest BCUT2D eigenvalue weighted by Gasteiger charge is -2.31. The summed E-state index contributed by atoms with van der Waals surface area (Å²) < 4.78 is 7.85. The van der Waals surface area contributed by atoms with Gasteiger partial charge in [-0.3, -0.25) is 9.30 Å². The van der Waals surface area contributed by atoms with Crippen LogP contribution in [-0.4, -0.2) is 50.6 Å². The molecule has 31 heavy (non-hydrogen) atoms. The van der Waals surface area contributed by atoms with Crippen molar-refractivity contribution in [3.8, 4) is 0 Å². The molecule has 0 unspecified atom stereocenters. The Hall–Kier alpha value is -2.70. The zero-order chi connectivity index (χ0) is 20.6. The molecule has 1 aromatic carbocycles. The molecule has 2 aliphatic rings. The first kappa shape index (κ1) is 19.0. The molecular weight excluding hydrogens is 386 g/mol. The van der Waals surface area contributed by atoms with Crippen molar-refractivity contribution >= 4 is 16.8 Å². The highest BCUT2D eigenvalue weighted by molar-refractivity contribution is 5.79. The molecule has 3 aromatic heterocycles. The number of nitrogens with one attached hydrogen (secondary N) is 1. The fourth-order valence-electron chi connectivity index (χ4n) is 5.32. The molecule has 1 N–H and O–H groups in total. The summed E-state index contributed by atoms with van der Waals surface area (Å²) in [5.74, 6) is 1.05. The molecule has 0 radical (unpaired) electrons. The largest absolute Gasteiger partial charge is 0.381 e. The number of nitrogens with zero attached hydrogens (tertiary/aromatic N) is 4. The summed E-state index contributed by atoms with van der Waals surface area (Å²) in [5.41, 5.74) is 7.09. The summed E-state index contributed by atoms with van der Waals surface area (Å²) in [6.07, 6.45) is 10.8. The number of imidazole rings is 1. The molecule has 6 nitrogen and oxygen atoms in total. The number of rotatable bonds is 4. The van der Waals surface area contributed by atoms with E-state index in [1.54, 1.807) is 0 Å². The van der Waals surface area contributed by atoms with Gasteiger partial charge in [-0.1, -0.05) is 30.3 Å². The van der Waals surface area contributed by atoms with Crippen molar-refractivity contribution in [3.63, 3.8) is 0 Å². The highest BCUT2D eigenvalue weighted by atomic mass is 16.5. The van der Waals surface area contributed by atoms with Crippen LogP contribution in [0.15, 0.2) is 48.9 Å². The van der Waals surface area contributed by atoms with Gasteiger partial charge in [-0.2, -0.15) is 0 Å². The predicted octanol–water partition coefficient (Wildman–Crippen LogP) is 4.48. The van der Waals surface area contributed by atoms with Crippen LogP contribution in [0.2, 0.25) is 0 Å². The summed E-state index contributed by atoms with van der Waals surface area (Å²) >= 11 is 0. The highest BCUT2D eigenvalue weighted by Crippen LogP contribution is 2.34. The Bertz CT molecular complexity index is 1170. The van der Waals surface area contributed by atoms with E-state index < -0.39 is 0 Å². The number of aromatic amines is 1. The number of likely N-dealkylation sites (tertiary alicyclic amines) is 1. The third-order valence-electron chi connectivity index (χ3n) is 7.08. The number of aromatic nitrogens is 4. The van der Waals surface area contributed by atoms with Crippen LogP contribution in [0, 0.1) is 0 Å². The Morgan fingerprint density at radius 3 is 2.61 bits per heavy atom. The lowest BCUT2D eigenvalue weighted by Crippen LogP contribution is -2.32. The SMILES string of the molecule is c1ccc(CN2CCC(c3cn4c(cnc5[nH]cc(C6CCOCC6)c54)n3)CC2)cc1. The lowest BCUT2D eigenvalue weighted by molar-refractivity contribution is 0.0856. The highest BCUT2D eigenvalue weighted by Gasteiger charge is 2.25. The average Bonchev–Trinajstić information content (AvgIpc) is 3.45. The molecule has 0 atom stereocenters. The van der Waals surface area contributed by atoms with Crippen LogP contribution < -0.4 is 0 Å². The van der Waals surface area contributed by atoms with Gasteiger partial charge in [-0.05, 0) is 55.8 Å². The Morgan fingerprint density at radius 1 is 1.00 bits per heavy atom. The number of hydrogen-bond donors (Lipinski definition) is 1. The first-order valence-corrected chi connectivity index (χ1v) is 11.5. The molecule has 5 heterocycles. The van der Waals surface area contributed by atoms with Gasteiger partial charge in [0.25, 0.3) is 0 Å². The topological polar surface area (TPSA) is 58.5 Å². The van der Waals surface area contributed by atoms with Gasteiger partial charge in [0.2, 0.25) is 0 Å². The van der Waals surface area contributed by atoms with E-state index in [9.17, 15) is 0 Å². The Labute approximate surface area is 182 Å². The second-order valence-corrected chi connectivity index (χ2v) is 9.02. The molecule has 6 heteroatoms. The summed E-state index contributed by atoms with van der Waals surface area (Å²) in [6, 6.07) is 10.8. The molecule has 2 saturated heterocycles. The van der Waals surface area contributed by atoms with Crippen molar-refractivity contribution in [2.24, 2.45) is 0 Å². The molecule has 4 aromatic rings. The van der Waals surface area contributed by atoms with Gasteiger partial charge in [0.1, 0.15) is 0 Å². The zero-order valence-electron chi connectivity index (χ0n) is 17.8. The first-order chi connectivity index (χ1) is 15.3. The third-order valence-corrected chi connectivity index (χ3v) is 7.08. The Kier molecular flexibility index (Phi) is 4.97. The van der Waals surface area contributed by atoms with Crippen LogP contribution in [0.4, 0.5) is 0 Å². The fraction of sp³-hybridized carbons (Fsp3) is 0.440. The molecule has 160 valence electrons. The summed E-state index contributed by atoms with van der Waals surface area (Å²) in [7, 11) is 0. The van der Waals surface area contributed by atoms with E-state index in [1.807, 2.05) is 6.20 Å². The quantitative estimate of drug-likeness (QED) is 0.534. The Morgan fingerprint density at radius 2 is 1.81 bits per heavy atom. The predicted molar refractivity (Wildman–Crippen MR) is 121 cm³/mol. The number of benzene rings is 1. The second kappa shape index (κ2) is 8.09. The molecule has 2 fully saturated rings. The van der Waals surface area contributed by atoms with Crippen LogP contribution in [0.3, 0.4) is 0 Å². The monoisotopic (exact) mass is 415 g/mol. The second-order valence-electron chi connectivity index (χ2n) is 9.02. The van der Waals surface area contributed by atoms with Crippen molar-refractivity contribution in [1.82, 2.24) is 24.3 Å². The number of H-pyrrole nitrogens is 1. The van der Waals surface area contributed by atoms with Crippen LogP contribution in [0.1, 0.15) is 54.3 Å². The summed E-state index contributed by atoms with van der Waals surface area (Å²) in [6.45, 7) is 4.98. The van der Waals surface area contributed by atoms with Crippen LogP contribution >= 0.6 is 0 Å². The average molecular weight is 416 g/mol. The minimum absolute atomic E-state index is 0.521. The van der Waals surface area contributed by atoms with Gasteiger partial charge in [0.15, 0.2) is 11.3 Å². The summed E-state index contributed by atoms with van der Waals surface area (Å²) in [5, 5.41) is 0. The van der Waals surface area contributed by atoms with E-state index in [4.69, 9.17) is 9.72 Å². The number of hydrogen-bond acceptors (Lipinski definition) is 4. The van der Waals surface area contributed by atoms with Crippen molar-refractivity contribution in [1.29, 1.82) is 0 Å². The molecule has 6 rings (SSSR count).